The molecule has 1 fully saturated rings. The summed E-state index contributed by atoms with van der Waals surface area (Å²) in [5.41, 5.74) is 0. The maximum absolute atomic E-state index is 11.3. The Labute approximate surface area is 135 Å². The smallest absolute Gasteiger partial charge is 0.223 e. The first-order valence-corrected chi connectivity index (χ1v) is 9.08. The summed E-state index contributed by atoms with van der Waals surface area (Å²) >= 11 is 9.30. The van der Waals surface area contributed by atoms with E-state index in [-0.39, 0.29) is 6.10 Å². The fourth-order valence-electron chi connectivity index (χ4n) is 2.05. The van der Waals surface area contributed by atoms with Crippen molar-refractivity contribution in [3.8, 4) is 5.88 Å². The van der Waals surface area contributed by atoms with Crippen LogP contribution >= 0.6 is 27.5 Å². The molecule has 0 radical (unpaired) electrons. The number of sulfonamides is 1. The largest absolute Gasteiger partial charge is 0.471 e. The van der Waals surface area contributed by atoms with Crippen LogP contribution in [0.1, 0.15) is 0 Å². The fourth-order valence-corrected chi connectivity index (χ4v) is 3.51. The first-order valence-electron chi connectivity index (χ1n) is 6.06. The lowest BCUT2D eigenvalue weighted by molar-refractivity contribution is 0.0741. The van der Waals surface area contributed by atoms with E-state index >= 15 is 0 Å². The summed E-state index contributed by atoms with van der Waals surface area (Å²) in [7, 11) is -3.15. The molecule has 0 unspecified atom stereocenters. The number of nitrogens with zero attached hydrogens (tertiary/aromatic N) is 3. The van der Waals surface area contributed by atoms with Crippen LogP contribution in [0.4, 0.5) is 0 Å². The lowest BCUT2D eigenvalue weighted by atomic mass is 10.2. The molecule has 0 saturated carbocycles. The van der Waals surface area contributed by atoms with Gasteiger partial charge in [0, 0.05) is 22.3 Å². The minimum absolute atomic E-state index is 0.202. The molecule has 2 aromatic heterocycles. The molecule has 0 amide bonds. The Morgan fingerprint density at radius 1 is 1.33 bits per heavy atom. The molecule has 1 saturated heterocycles. The topological polar surface area (TPSA) is 72.4 Å². The van der Waals surface area contributed by atoms with Crippen LogP contribution in [0, 0.1) is 0 Å². The third-order valence-corrected chi connectivity index (χ3v) is 5.29. The van der Waals surface area contributed by atoms with Crippen molar-refractivity contribution in [2.24, 2.45) is 0 Å². The van der Waals surface area contributed by atoms with Crippen LogP contribution in [0.3, 0.4) is 0 Å². The second-order valence-electron chi connectivity index (χ2n) is 4.78. The second-order valence-corrected chi connectivity index (χ2v) is 8.01. The van der Waals surface area contributed by atoms with Gasteiger partial charge in [0.25, 0.3) is 0 Å². The molecule has 1 aliphatic rings. The normalized spacial score (nSPS) is 16.9. The Bertz CT molecular complexity index is 809. The number of halogens is 2. The number of fused-ring (bicyclic) bond motifs is 1. The van der Waals surface area contributed by atoms with E-state index in [9.17, 15) is 8.42 Å². The van der Waals surface area contributed by atoms with Crippen LogP contribution in [-0.2, 0) is 10.0 Å². The quantitative estimate of drug-likeness (QED) is 0.748. The van der Waals surface area contributed by atoms with E-state index in [1.165, 1.54) is 10.6 Å². The first kappa shape index (κ1) is 15.0. The summed E-state index contributed by atoms with van der Waals surface area (Å²) < 4.78 is 30.6. The fraction of sp³-hybridized carbons (Fsp3) is 0.333. The van der Waals surface area contributed by atoms with Crippen LogP contribution in [-0.4, -0.2) is 48.1 Å². The highest BCUT2D eigenvalue weighted by Crippen LogP contribution is 2.31. The lowest BCUT2D eigenvalue weighted by Gasteiger charge is -2.36. The minimum Gasteiger partial charge on any atom is -0.471 e. The number of hydrogen-bond donors (Lipinski definition) is 0. The zero-order chi connectivity index (χ0) is 15.2. The van der Waals surface area contributed by atoms with Crippen LogP contribution in [0.15, 0.2) is 22.9 Å². The Morgan fingerprint density at radius 2 is 2.05 bits per heavy atom. The van der Waals surface area contributed by atoms with Gasteiger partial charge in [-0.05, 0) is 22.0 Å². The van der Waals surface area contributed by atoms with Gasteiger partial charge in [0.1, 0.15) is 11.3 Å². The molecule has 2 aromatic rings. The van der Waals surface area contributed by atoms with Gasteiger partial charge in [-0.15, -0.1) is 0 Å². The SMILES string of the molecule is CS(=O)(=O)N1CC(Oc2ncc(Br)c3cc(Cl)ncc23)C1. The molecule has 3 rings (SSSR count). The molecule has 112 valence electrons. The van der Waals surface area contributed by atoms with Crippen molar-refractivity contribution in [2.75, 3.05) is 19.3 Å². The standard InChI is InChI=1S/C12H11BrClN3O3S/c1-21(18,19)17-5-7(6-17)20-12-9-3-15-11(14)2-8(9)10(13)4-16-12/h2-4,7H,5-6H2,1H3. The van der Waals surface area contributed by atoms with Gasteiger partial charge < -0.3 is 4.74 Å². The van der Waals surface area contributed by atoms with Gasteiger partial charge in [-0.2, -0.15) is 4.31 Å². The van der Waals surface area contributed by atoms with Crippen LogP contribution in [0.2, 0.25) is 5.15 Å². The molecule has 1 aliphatic heterocycles. The third-order valence-electron chi connectivity index (χ3n) is 3.22. The minimum atomic E-state index is -3.15. The molecular formula is C12H11BrClN3O3S. The van der Waals surface area contributed by atoms with Gasteiger partial charge in [0.05, 0.1) is 24.7 Å². The average molecular weight is 393 g/mol. The van der Waals surface area contributed by atoms with Crippen LogP contribution in [0.5, 0.6) is 5.88 Å². The van der Waals surface area contributed by atoms with Gasteiger partial charge in [-0.3, -0.25) is 0 Å². The summed E-state index contributed by atoms with van der Waals surface area (Å²) in [4.78, 5) is 8.26. The third kappa shape index (κ3) is 2.98. The molecule has 6 nitrogen and oxygen atoms in total. The van der Waals surface area contributed by atoms with E-state index < -0.39 is 10.0 Å². The Kier molecular flexibility index (Phi) is 3.81. The highest BCUT2D eigenvalue weighted by Gasteiger charge is 2.35. The van der Waals surface area contributed by atoms with Crippen molar-refractivity contribution in [1.29, 1.82) is 0 Å². The Balaban J connectivity index is 1.85. The van der Waals surface area contributed by atoms with Crippen molar-refractivity contribution in [1.82, 2.24) is 14.3 Å². The first-order chi connectivity index (χ1) is 9.84. The summed E-state index contributed by atoms with van der Waals surface area (Å²) in [6.07, 6.45) is 4.20. The summed E-state index contributed by atoms with van der Waals surface area (Å²) in [6, 6.07) is 1.72. The van der Waals surface area contributed by atoms with E-state index in [0.717, 1.165) is 15.2 Å². The maximum atomic E-state index is 11.3. The molecule has 0 aliphatic carbocycles. The Hall–Kier alpha value is -0.960. The van der Waals surface area contributed by atoms with E-state index in [4.69, 9.17) is 16.3 Å². The highest BCUT2D eigenvalue weighted by atomic mass is 79.9. The number of aromatic nitrogens is 2. The van der Waals surface area contributed by atoms with Crippen molar-refractivity contribution >= 4 is 48.3 Å². The molecular weight excluding hydrogens is 382 g/mol. The number of hydrogen-bond acceptors (Lipinski definition) is 5. The predicted molar refractivity (Wildman–Crippen MR) is 83.1 cm³/mol. The van der Waals surface area contributed by atoms with Crippen molar-refractivity contribution in [3.63, 3.8) is 0 Å². The monoisotopic (exact) mass is 391 g/mol. The molecule has 3 heterocycles. The Morgan fingerprint density at radius 3 is 2.71 bits per heavy atom. The molecule has 0 spiro atoms. The molecule has 9 heteroatoms. The molecule has 0 N–H and O–H groups in total. The molecule has 0 bridgehead atoms. The van der Waals surface area contributed by atoms with Crippen molar-refractivity contribution < 1.29 is 13.2 Å². The summed E-state index contributed by atoms with van der Waals surface area (Å²) in [5, 5.41) is 1.96. The number of pyridine rings is 2. The van der Waals surface area contributed by atoms with E-state index in [0.29, 0.717) is 24.1 Å². The second kappa shape index (κ2) is 5.35. The number of ether oxygens (including phenoxy) is 1. The highest BCUT2D eigenvalue weighted by molar-refractivity contribution is 9.10. The molecule has 0 atom stereocenters. The maximum Gasteiger partial charge on any atom is 0.223 e. The van der Waals surface area contributed by atoms with Gasteiger partial charge in [0.2, 0.25) is 15.9 Å². The van der Waals surface area contributed by atoms with Crippen LogP contribution < -0.4 is 4.74 Å². The van der Waals surface area contributed by atoms with Crippen molar-refractivity contribution in [2.45, 2.75) is 6.10 Å². The van der Waals surface area contributed by atoms with Crippen LogP contribution in [0.25, 0.3) is 10.8 Å². The average Bonchev–Trinajstić information content (AvgIpc) is 2.34. The zero-order valence-corrected chi connectivity index (χ0v) is 14.1. The van der Waals surface area contributed by atoms with Crippen molar-refractivity contribution in [3.05, 3.63) is 28.1 Å². The van der Waals surface area contributed by atoms with Gasteiger partial charge in [0.15, 0.2) is 0 Å². The summed E-state index contributed by atoms with van der Waals surface area (Å²) in [5.74, 6) is 0.426. The predicted octanol–water partition coefficient (Wildman–Crippen LogP) is 2.07. The van der Waals surface area contributed by atoms with Gasteiger partial charge in [-0.25, -0.2) is 18.4 Å². The van der Waals surface area contributed by atoms with E-state index in [2.05, 4.69) is 25.9 Å². The lowest BCUT2D eigenvalue weighted by Crippen LogP contribution is -2.55. The van der Waals surface area contributed by atoms with E-state index in [1.54, 1.807) is 18.5 Å². The zero-order valence-electron chi connectivity index (χ0n) is 11.0. The number of rotatable bonds is 3. The van der Waals surface area contributed by atoms with Gasteiger partial charge in [-0.1, -0.05) is 11.6 Å². The molecule has 21 heavy (non-hydrogen) atoms. The summed E-state index contributed by atoms with van der Waals surface area (Å²) in [6.45, 7) is 0.665. The van der Waals surface area contributed by atoms with Gasteiger partial charge >= 0.3 is 0 Å². The molecule has 0 aromatic carbocycles. The van der Waals surface area contributed by atoms with E-state index in [1.807, 2.05) is 0 Å².